The summed E-state index contributed by atoms with van der Waals surface area (Å²) in [6.45, 7) is 2.22. The summed E-state index contributed by atoms with van der Waals surface area (Å²) in [6, 6.07) is -0.163. The summed E-state index contributed by atoms with van der Waals surface area (Å²) in [5.41, 5.74) is 2.38. The molecule has 3 rings (SSSR count). The fraction of sp³-hybridized carbons (Fsp3) is 0.714. The zero-order chi connectivity index (χ0) is 14.0. The molecule has 3 N–H and O–H groups in total. The van der Waals surface area contributed by atoms with Crippen molar-refractivity contribution in [2.24, 2.45) is 5.41 Å². The molecule has 1 atom stereocenters. The van der Waals surface area contributed by atoms with Gasteiger partial charge in [-0.05, 0) is 24.7 Å². The van der Waals surface area contributed by atoms with E-state index >= 15 is 0 Å². The number of hydrogen-bond donors (Lipinski definition) is 3. The van der Waals surface area contributed by atoms with Gasteiger partial charge in [0.2, 0.25) is 5.91 Å². The lowest BCUT2D eigenvalue weighted by atomic mass is 10.0. The lowest BCUT2D eigenvalue weighted by molar-refractivity contribution is -0.123. The molecular formula is C14H22N4O2. The first-order valence-corrected chi connectivity index (χ1v) is 7.24. The average Bonchev–Trinajstić information content (AvgIpc) is 3.09. The molecule has 0 saturated heterocycles. The summed E-state index contributed by atoms with van der Waals surface area (Å²) in [7, 11) is 1.72. The Labute approximate surface area is 118 Å². The Kier molecular flexibility index (Phi) is 3.76. The van der Waals surface area contributed by atoms with Crippen LogP contribution in [0.3, 0.4) is 0 Å². The second kappa shape index (κ2) is 5.54. The monoisotopic (exact) mass is 278 g/mol. The van der Waals surface area contributed by atoms with E-state index in [9.17, 15) is 4.79 Å². The van der Waals surface area contributed by atoms with Gasteiger partial charge in [0.25, 0.3) is 0 Å². The molecule has 1 fully saturated rings. The van der Waals surface area contributed by atoms with Crippen LogP contribution in [0.5, 0.6) is 0 Å². The van der Waals surface area contributed by atoms with Gasteiger partial charge >= 0.3 is 0 Å². The minimum Gasteiger partial charge on any atom is -0.385 e. The summed E-state index contributed by atoms with van der Waals surface area (Å²) >= 11 is 0. The van der Waals surface area contributed by atoms with Crippen LogP contribution in [-0.4, -0.2) is 42.2 Å². The van der Waals surface area contributed by atoms with Gasteiger partial charge in [-0.3, -0.25) is 10.1 Å². The third-order valence-electron chi connectivity index (χ3n) is 4.48. The van der Waals surface area contributed by atoms with Gasteiger partial charge in [0, 0.05) is 33.2 Å². The van der Waals surface area contributed by atoms with E-state index in [0.717, 1.165) is 31.0 Å². The predicted octanol–water partition coefficient (Wildman–Crippen LogP) is 0.357. The van der Waals surface area contributed by atoms with Crippen molar-refractivity contribution in [1.82, 2.24) is 20.6 Å². The molecule has 20 heavy (non-hydrogen) atoms. The van der Waals surface area contributed by atoms with Gasteiger partial charge < -0.3 is 15.0 Å². The highest BCUT2D eigenvalue weighted by Gasteiger charge is 2.42. The molecule has 0 bridgehead atoms. The molecule has 6 nitrogen and oxygen atoms in total. The molecule has 6 heteroatoms. The van der Waals surface area contributed by atoms with Crippen LogP contribution in [-0.2, 0) is 22.5 Å². The van der Waals surface area contributed by atoms with Crippen molar-refractivity contribution in [2.45, 2.75) is 38.3 Å². The number of H-pyrrole nitrogens is 1. The fourth-order valence-corrected chi connectivity index (χ4v) is 2.76. The second-order valence-electron chi connectivity index (χ2n) is 5.93. The topological polar surface area (TPSA) is 79.0 Å². The molecule has 1 aliphatic heterocycles. The maximum absolute atomic E-state index is 12.2. The van der Waals surface area contributed by atoms with Crippen molar-refractivity contribution in [3.8, 4) is 0 Å². The van der Waals surface area contributed by atoms with E-state index in [2.05, 4.69) is 20.6 Å². The van der Waals surface area contributed by atoms with Crippen molar-refractivity contribution in [3.05, 3.63) is 17.7 Å². The number of imidazole rings is 1. The summed E-state index contributed by atoms with van der Waals surface area (Å²) in [4.78, 5) is 19.6. The van der Waals surface area contributed by atoms with E-state index in [1.165, 1.54) is 12.8 Å². The Balaban J connectivity index is 1.48. The Bertz CT molecular complexity index is 481. The lowest BCUT2D eigenvalue weighted by Crippen LogP contribution is -2.48. The highest BCUT2D eigenvalue weighted by molar-refractivity contribution is 5.82. The van der Waals surface area contributed by atoms with Crippen molar-refractivity contribution in [3.63, 3.8) is 0 Å². The van der Waals surface area contributed by atoms with Crippen molar-refractivity contribution in [1.29, 1.82) is 0 Å². The van der Waals surface area contributed by atoms with Gasteiger partial charge in [0.05, 0.1) is 23.8 Å². The Hall–Kier alpha value is -1.40. The zero-order valence-electron chi connectivity index (χ0n) is 11.9. The predicted molar refractivity (Wildman–Crippen MR) is 74.1 cm³/mol. The Morgan fingerprint density at radius 3 is 3.20 bits per heavy atom. The highest BCUT2D eigenvalue weighted by Crippen LogP contribution is 2.48. The van der Waals surface area contributed by atoms with Gasteiger partial charge in [-0.25, -0.2) is 4.98 Å². The number of aromatic nitrogens is 2. The maximum Gasteiger partial charge on any atom is 0.237 e. The van der Waals surface area contributed by atoms with Crippen LogP contribution >= 0.6 is 0 Å². The SMILES string of the molecule is COCCC1(CNC(=O)C2Cc3nc[nH]c3CN2)CC1. The maximum atomic E-state index is 12.2. The summed E-state index contributed by atoms with van der Waals surface area (Å²) in [5.74, 6) is 0.0855. The van der Waals surface area contributed by atoms with Gasteiger partial charge in [-0.2, -0.15) is 0 Å². The molecule has 1 unspecified atom stereocenters. The zero-order valence-corrected chi connectivity index (χ0v) is 11.9. The molecule has 1 saturated carbocycles. The standard InChI is InChI=1S/C14H22N4O2/c1-20-5-4-14(2-3-14)8-16-13(19)11-6-10-12(7-15-11)18-9-17-10/h9,11,15H,2-8H2,1H3,(H,16,19)(H,17,18). The number of carbonyl (C=O) groups is 1. The molecular weight excluding hydrogens is 256 g/mol. The average molecular weight is 278 g/mol. The molecule has 1 amide bonds. The van der Waals surface area contributed by atoms with Gasteiger partial charge in [0.15, 0.2) is 0 Å². The van der Waals surface area contributed by atoms with Gasteiger partial charge in [0.1, 0.15) is 0 Å². The van der Waals surface area contributed by atoms with Crippen molar-refractivity contribution >= 4 is 5.91 Å². The number of rotatable bonds is 6. The summed E-state index contributed by atoms with van der Waals surface area (Å²) < 4.78 is 5.13. The minimum absolute atomic E-state index is 0.0855. The number of methoxy groups -OCH3 is 1. The van der Waals surface area contributed by atoms with E-state index in [0.29, 0.717) is 13.0 Å². The molecule has 0 aromatic carbocycles. The number of nitrogens with one attached hydrogen (secondary N) is 3. The van der Waals surface area contributed by atoms with Crippen LogP contribution < -0.4 is 10.6 Å². The molecule has 1 aliphatic carbocycles. The van der Waals surface area contributed by atoms with E-state index in [1.807, 2.05) is 0 Å². The number of carbonyl (C=O) groups excluding carboxylic acids is 1. The number of ether oxygens (including phenoxy) is 1. The van der Waals surface area contributed by atoms with E-state index in [4.69, 9.17) is 4.74 Å². The van der Waals surface area contributed by atoms with Crippen molar-refractivity contribution < 1.29 is 9.53 Å². The van der Waals surface area contributed by atoms with Crippen LogP contribution in [0.25, 0.3) is 0 Å². The molecule has 1 aromatic heterocycles. The largest absolute Gasteiger partial charge is 0.385 e. The van der Waals surface area contributed by atoms with Crippen LogP contribution in [0, 0.1) is 5.41 Å². The number of hydrogen-bond acceptors (Lipinski definition) is 4. The number of fused-ring (bicyclic) bond motifs is 1. The molecule has 110 valence electrons. The first kappa shape index (κ1) is 13.6. The van der Waals surface area contributed by atoms with Crippen LogP contribution in [0.2, 0.25) is 0 Å². The highest BCUT2D eigenvalue weighted by atomic mass is 16.5. The number of nitrogens with zero attached hydrogens (tertiary/aromatic N) is 1. The van der Waals surface area contributed by atoms with Gasteiger partial charge in [-0.15, -0.1) is 0 Å². The quantitative estimate of drug-likeness (QED) is 0.702. The molecule has 2 aliphatic rings. The summed E-state index contributed by atoms with van der Waals surface area (Å²) in [6.07, 6.45) is 5.77. The third-order valence-corrected chi connectivity index (χ3v) is 4.48. The second-order valence-corrected chi connectivity index (χ2v) is 5.93. The summed E-state index contributed by atoms with van der Waals surface area (Å²) in [5, 5.41) is 6.35. The Morgan fingerprint density at radius 1 is 1.60 bits per heavy atom. The van der Waals surface area contributed by atoms with E-state index in [1.54, 1.807) is 13.4 Å². The number of aromatic amines is 1. The number of amides is 1. The first-order valence-electron chi connectivity index (χ1n) is 7.24. The van der Waals surface area contributed by atoms with E-state index < -0.39 is 0 Å². The minimum atomic E-state index is -0.163. The Morgan fingerprint density at radius 2 is 2.45 bits per heavy atom. The smallest absolute Gasteiger partial charge is 0.237 e. The lowest BCUT2D eigenvalue weighted by Gasteiger charge is -2.23. The van der Waals surface area contributed by atoms with Crippen LogP contribution in [0.4, 0.5) is 0 Å². The van der Waals surface area contributed by atoms with Crippen LogP contribution in [0.1, 0.15) is 30.7 Å². The molecule has 0 radical (unpaired) electrons. The normalized spacial score (nSPS) is 23.1. The fourth-order valence-electron chi connectivity index (χ4n) is 2.76. The van der Waals surface area contributed by atoms with Crippen LogP contribution in [0.15, 0.2) is 6.33 Å². The third kappa shape index (κ3) is 2.86. The van der Waals surface area contributed by atoms with Gasteiger partial charge in [-0.1, -0.05) is 0 Å². The first-order chi connectivity index (χ1) is 9.72. The molecule has 1 aromatic rings. The van der Waals surface area contributed by atoms with E-state index in [-0.39, 0.29) is 17.4 Å². The molecule has 2 heterocycles. The van der Waals surface area contributed by atoms with Crippen molar-refractivity contribution in [2.75, 3.05) is 20.3 Å². The molecule has 0 spiro atoms.